The zero-order chi connectivity index (χ0) is 14.1. The standard InChI is InChI=1S/C15H24N4OS/c1-3-16-11-15(1)2-4-18(12-15)10-13-9-17-14(21-13)19-5-7-20-8-6-19/h9,16H,1-8,10-12H2. The molecule has 0 bridgehead atoms. The molecule has 1 N–H and O–H groups in total. The van der Waals surface area contributed by atoms with Crippen LogP contribution in [0.2, 0.25) is 0 Å². The summed E-state index contributed by atoms with van der Waals surface area (Å²) in [4.78, 5) is 11.0. The number of likely N-dealkylation sites (tertiary alicyclic amines) is 1. The van der Waals surface area contributed by atoms with E-state index in [-0.39, 0.29) is 0 Å². The van der Waals surface area contributed by atoms with E-state index in [0.29, 0.717) is 5.41 Å². The molecule has 0 saturated carbocycles. The molecule has 1 unspecified atom stereocenters. The quantitative estimate of drug-likeness (QED) is 0.907. The minimum absolute atomic E-state index is 0.567. The van der Waals surface area contributed by atoms with Gasteiger partial charge in [-0.1, -0.05) is 0 Å². The largest absolute Gasteiger partial charge is 0.378 e. The predicted molar refractivity (Wildman–Crippen MR) is 85.0 cm³/mol. The highest BCUT2D eigenvalue weighted by atomic mass is 32.1. The predicted octanol–water partition coefficient (Wildman–Crippen LogP) is 1.17. The fourth-order valence-electron chi connectivity index (χ4n) is 3.80. The Hall–Kier alpha value is -0.690. The fraction of sp³-hybridized carbons (Fsp3) is 0.800. The van der Waals surface area contributed by atoms with Crippen LogP contribution in [0.4, 0.5) is 5.13 Å². The molecule has 21 heavy (non-hydrogen) atoms. The fourth-order valence-corrected chi connectivity index (χ4v) is 4.80. The topological polar surface area (TPSA) is 40.6 Å². The molecule has 0 radical (unpaired) electrons. The van der Waals surface area contributed by atoms with Gasteiger partial charge in [-0.3, -0.25) is 4.90 Å². The molecule has 116 valence electrons. The van der Waals surface area contributed by atoms with E-state index in [0.717, 1.165) is 32.8 Å². The van der Waals surface area contributed by atoms with Gasteiger partial charge in [-0.05, 0) is 31.3 Å². The molecule has 3 fully saturated rings. The first-order valence-corrected chi connectivity index (χ1v) is 8.85. The van der Waals surface area contributed by atoms with Crippen LogP contribution in [0.25, 0.3) is 0 Å². The molecule has 6 heteroatoms. The molecule has 1 spiro atoms. The van der Waals surface area contributed by atoms with Crippen LogP contribution < -0.4 is 10.2 Å². The van der Waals surface area contributed by atoms with Crippen LogP contribution in [0, 0.1) is 5.41 Å². The molecule has 3 saturated heterocycles. The van der Waals surface area contributed by atoms with Crippen LogP contribution in [0.5, 0.6) is 0 Å². The number of nitrogens with zero attached hydrogens (tertiary/aromatic N) is 3. The van der Waals surface area contributed by atoms with Crippen molar-refractivity contribution in [1.82, 2.24) is 15.2 Å². The summed E-state index contributed by atoms with van der Waals surface area (Å²) in [5, 5.41) is 4.70. The van der Waals surface area contributed by atoms with Crippen molar-refractivity contribution in [1.29, 1.82) is 0 Å². The number of hydrogen-bond acceptors (Lipinski definition) is 6. The van der Waals surface area contributed by atoms with Gasteiger partial charge in [-0.25, -0.2) is 4.98 Å². The summed E-state index contributed by atoms with van der Waals surface area (Å²) in [5.41, 5.74) is 0.567. The number of aromatic nitrogens is 1. The lowest BCUT2D eigenvalue weighted by Gasteiger charge is -2.26. The summed E-state index contributed by atoms with van der Waals surface area (Å²) in [5.74, 6) is 0. The van der Waals surface area contributed by atoms with Gasteiger partial charge in [0.15, 0.2) is 5.13 Å². The molecule has 4 rings (SSSR count). The van der Waals surface area contributed by atoms with Gasteiger partial charge >= 0.3 is 0 Å². The minimum Gasteiger partial charge on any atom is -0.378 e. The number of ether oxygens (including phenoxy) is 1. The number of morpholine rings is 1. The molecule has 4 heterocycles. The average Bonchev–Trinajstić information content (AvgIpc) is 3.24. The molecule has 1 atom stereocenters. The first kappa shape index (κ1) is 13.9. The summed E-state index contributed by atoms with van der Waals surface area (Å²) in [7, 11) is 0. The van der Waals surface area contributed by atoms with Crippen LogP contribution in [0.3, 0.4) is 0 Å². The zero-order valence-corrected chi connectivity index (χ0v) is 13.3. The van der Waals surface area contributed by atoms with Crippen LogP contribution in [-0.2, 0) is 11.3 Å². The number of rotatable bonds is 3. The molecular weight excluding hydrogens is 284 g/mol. The second-order valence-electron chi connectivity index (χ2n) is 6.60. The summed E-state index contributed by atoms with van der Waals surface area (Å²) in [6.07, 6.45) is 4.79. The lowest BCUT2D eigenvalue weighted by molar-refractivity contribution is 0.122. The Bertz CT molecular complexity index is 480. The first-order chi connectivity index (χ1) is 10.3. The van der Waals surface area contributed by atoms with Crippen molar-refractivity contribution >= 4 is 16.5 Å². The molecule has 1 aromatic heterocycles. The van der Waals surface area contributed by atoms with E-state index in [2.05, 4.69) is 26.3 Å². The summed E-state index contributed by atoms with van der Waals surface area (Å²) >= 11 is 1.86. The van der Waals surface area contributed by atoms with Gasteiger partial charge in [0.1, 0.15) is 0 Å². The van der Waals surface area contributed by atoms with Gasteiger partial charge in [0, 0.05) is 43.8 Å². The molecule has 0 amide bonds. The first-order valence-electron chi connectivity index (χ1n) is 8.04. The van der Waals surface area contributed by atoms with Gasteiger partial charge in [-0.2, -0.15) is 0 Å². The van der Waals surface area contributed by atoms with E-state index >= 15 is 0 Å². The second kappa shape index (κ2) is 5.83. The van der Waals surface area contributed by atoms with Gasteiger partial charge < -0.3 is 15.0 Å². The Morgan fingerprint density at radius 1 is 1.29 bits per heavy atom. The van der Waals surface area contributed by atoms with E-state index in [4.69, 9.17) is 4.74 Å². The lowest BCUT2D eigenvalue weighted by Crippen LogP contribution is -2.36. The maximum Gasteiger partial charge on any atom is 0.185 e. The maximum atomic E-state index is 5.41. The monoisotopic (exact) mass is 308 g/mol. The maximum absolute atomic E-state index is 5.41. The molecule has 1 aromatic rings. The van der Waals surface area contributed by atoms with Crippen molar-refractivity contribution in [2.75, 3.05) is 57.4 Å². The third kappa shape index (κ3) is 2.95. The van der Waals surface area contributed by atoms with Gasteiger partial charge in [-0.15, -0.1) is 11.3 Å². The van der Waals surface area contributed by atoms with Crippen LogP contribution in [0.1, 0.15) is 17.7 Å². The van der Waals surface area contributed by atoms with Crippen molar-refractivity contribution in [2.24, 2.45) is 5.41 Å². The van der Waals surface area contributed by atoms with Crippen LogP contribution in [-0.4, -0.2) is 62.4 Å². The molecule has 5 nitrogen and oxygen atoms in total. The van der Waals surface area contributed by atoms with Gasteiger partial charge in [0.25, 0.3) is 0 Å². The highest BCUT2D eigenvalue weighted by Crippen LogP contribution is 2.37. The smallest absolute Gasteiger partial charge is 0.185 e. The molecule has 0 aromatic carbocycles. The number of anilines is 1. The molecule has 3 aliphatic rings. The van der Waals surface area contributed by atoms with Gasteiger partial charge in [0.05, 0.1) is 13.2 Å². The van der Waals surface area contributed by atoms with Crippen LogP contribution in [0.15, 0.2) is 6.20 Å². The Kier molecular flexibility index (Phi) is 3.87. The van der Waals surface area contributed by atoms with E-state index in [1.807, 2.05) is 11.3 Å². The Morgan fingerprint density at radius 3 is 3.00 bits per heavy atom. The van der Waals surface area contributed by atoms with E-state index in [1.165, 1.54) is 49.0 Å². The minimum atomic E-state index is 0.567. The van der Waals surface area contributed by atoms with Crippen molar-refractivity contribution in [3.63, 3.8) is 0 Å². The van der Waals surface area contributed by atoms with Crippen LogP contribution >= 0.6 is 11.3 Å². The SMILES string of the molecule is c1nc(N2CCOCC2)sc1CN1CCC2(CCNC2)C1. The Labute approximate surface area is 130 Å². The normalized spacial score (nSPS) is 30.6. The summed E-state index contributed by atoms with van der Waals surface area (Å²) in [6.45, 7) is 9.60. The van der Waals surface area contributed by atoms with Crippen molar-refractivity contribution in [3.05, 3.63) is 11.1 Å². The van der Waals surface area contributed by atoms with E-state index < -0.39 is 0 Å². The van der Waals surface area contributed by atoms with E-state index in [1.54, 1.807) is 0 Å². The third-order valence-corrected chi connectivity index (χ3v) is 6.09. The van der Waals surface area contributed by atoms with Crippen molar-refractivity contribution in [2.45, 2.75) is 19.4 Å². The molecule has 0 aliphatic carbocycles. The average molecular weight is 308 g/mol. The Morgan fingerprint density at radius 2 is 2.19 bits per heavy atom. The highest BCUT2D eigenvalue weighted by Gasteiger charge is 2.40. The number of nitrogens with one attached hydrogen (secondary N) is 1. The number of hydrogen-bond donors (Lipinski definition) is 1. The van der Waals surface area contributed by atoms with Gasteiger partial charge in [0.2, 0.25) is 0 Å². The summed E-state index contributed by atoms with van der Waals surface area (Å²) < 4.78 is 5.41. The lowest BCUT2D eigenvalue weighted by atomic mass is 9.87. The second-order valence-corrected chi connectivity index (χ2v) is 7.69. The highest BCUT2D eigenvalue weighted by molar-refractivity contribution is 7.15. The third-order valence-electron chi connectivity index (χ3n) is 5.05. The van der Waals surface area contributed by atoms with Crippen molar-refractivity contribution in [3.8, 4) is 0 Å². The number of thiazole rings is 1. The Balaban J connectivity index is 1.36. The molecule has 3 aliphatic heterocycles. The molecular formula is C15H24N4OS. The zero-order valence-electron chi connectivity index (χ0n) is 12.5. The summed E-state index contributed by atoms with van der Waals surface area (Å²) in [6, 6.07) is 0. The van der Waals surface area contributed by atoms with E-state index in [9.17, 15) is 0 Å². The van der Waals surface area contributed by atoms with Crippen molar-refractivity contribution < 1.29 is 4.74 Å².